The number of nitrogens with zero attached hydrogens (tertiary/aromatic N) is 2. The Labute approximate surface area is 158 Å². The molecule has 0 aliphatic rings. The minimum atomic E-state index is -0.773. The molecule has 0 saturated carbocycles. The molecule has 28 heavy (non-hydrogen) atoms. The Morgan fingerprint density at radius 3 is 2.68 bits per heavy atom. The van der Waals surface area contributed by atoms with Gasteiger partial charge in [0.25, 0.3) is 5.56 Å². The van der Waals surface area contributed by atoms with Gasteiger partial charge in [0.05, 0.1) is 30.7 Å². The number of aromatic nitrogens is 2. The second-order valence-corrected chi connectivity index (χ2v) is 5.69. The third kappa shape index (κ3) is 4.09. The first-order valence-electron chi connectivity index (χ1n) is 8.39. The minimum absolute atomic E-state index is 0.0521. The highest BCUT2D eigenvalue weighted by molar-refractivity contribution is 5.90. The first-order valence-corrected chi connectivity index (χ1v) is 8.39. The molecule has 2 heterocycles. The van der Waals surface area contributed by atoms with Crippen LogP contribution in [-0.4, -0.2) is 33.4 Å². The Kier molecular flexibility index (Phi) is 5.54. The van der Waals surface area contributed by atoms with Gasteiger partial charge in [-0.15, -0.1) is 0 Å². The summed E-state index contributed by atoms with van der Waals surface area (Å²) in [5.41, 5.74) is -0.912. The number of aromatic amines is 1. The summed E-state index contributed by atoms with van der Waals surface area (Å²) in [4.78, 5) is 41.9. The smallest absolute Gasteiger partial charge is 0.338 e. The predicted molar refractivity (Wildman–Crippen MR) is 100 cm³/mol. The fourth-order valence-corrected chi connectivity index (χ4v) is 2.43. The number of carbonyl (C=O) groups excluding carboxylic acids is 1. The number of rotatable bonds is 6. The number of nitrogens with one attached hydrogen (secondary N) is 1. The van der Waals surface area contributed by atoms with Crippen molar-refractivity contribution in [2.24, 2.45) is 4.99 Å². The van der Waals surface area contributed by atoms with Gasteiger partial charge in [0, 0.05) is 6.21 Å². The van der Waals surface area contributed by atoms with Crippen molar-refractivity contribution >= 4 is 17.9 Å². The number of hydrogen-bond acceptors (Lipinski definition) is 7. The molecule has 3 aromatic rings. The van der Waals surface area contributed by atoms with Crippen LogP contribution in [0.1, 0.15) is 28.6 Å². The first kappa shape index (κ1) is 18.9. The maximum atomic E-state index is 12.0. The normalized spacial score (nSPS) is 11.0. The molecule has 0 aliphatic carbocycles. The second kappa shape index (κ2) is 8.21. The van der Waals surface area contributed by atoms with E-state index in [1.54, 1.807) is 31.2 Å². The van der Waals surface area contributed by atoms with E-state index in [1.165, 1.54) is 18.4 Å². The van der Waals surface area contributed by atoms with Gasteiger partial charge in [-0.25, -0.2) is 9.59 Å². The molecule has 144 valence electrons. The molecule has 2 N–H and O–H groups in total. The number of hydrogen-bond donors (Lipinski definition) is 2. The maximum absolute atomic E-state index is 12.0. The maximum Gasteiger partial charge on any atom is 0.338 e. The van der Waals surface area contributed by atoms with Crippen LogP contribution in [0.3, 0.4) is 0 Å². The van der Waals surface area contributed by atoms with E-state index >= 15 is 0 Å². The SMILES string of the molecule is CCOC(=O)c1ccc(N=Cc2c(O)n(Cc3ccco3)c(=O)[nH]c2=O)cc1. The van der Waals surface area contributed by atoms with Crippen molar-refractivity contribution in [1.82, 2.24) is 9.55 Å². The zero-order valence-corrected chi connectivity index (χ0v) is 14.9. The Hall–Kier alpha value is -3.88. The van der Waals surface area contributed by atoms with Crippen molar-refractivity contribution in [3.8, 4) is 5.88 Å². The number of aliphatic imine (C=N–C) groups is 1. The standard InChI is InChI=1S/C19H17N3O6/c1-2-27-18(25)12-5-7-13(8-6-12)20-10-15-16(23)21-19(26)22(17(15)24)11-14-4-3-9-28-14/h3-10,24H,2,11H2,1H3,(H,21,23,26). The zero-order valence-electron chi connectivity index (χ0n) is 14.9. The van der Waals surface area contributed by atoms with Crippen molar-refractivity contribution in [3.05, 3.63) is 80.4 Å². The molecule has 0 atom stereocenters. The van der Waals surface area contributed by atoms with E-state index < -0.39 is 23.1 Å². The van der Waals surface area contributed by atoms with Crippen LogP contribution in [0.15, 0.2) is 61.7 Å². The van der Waals surface area contributed by atoms with Crippen molar-refractivity contribution in [1.29, 1.82) is 0 Å². The van der Waals surface area contributed by atoms with Gasteiger partial charge >= 0.3 is 11.7 Å². The van der Waals surface area contributed by atoms with Crippen molar-refractivity contribution < 1.29 is 19.1 Å². The van der Waals surface area contributed by atoms with E-state index in [1.807, 2.05) is 0 Å². The van der Waals surface area contributed by atoms with E-state index in [4.69, 9.17) is 9.15 Å². The van der Waals surface area contributed by atoms with Gasteiger partial charge in [0.2, 0.25) is 5.88 Å². The molecule has 0 spiro atoms. The molecular weight excluding hydrogens is 366 g/mol. The van der Waals surface area contributed by atoms with Gasteiger partial charge < -0.3 is 14.3 Å². The van der Waals surface area contributed by atoms with Crippen LogP contribution in [0.25, 0.3) is 0 Å². The van der Waals surface area contributed by atoms with Gasteiger partial charge in [-0.1, -0.05) is 0 Å². The minimum Gasteiger partial charge on any atom is -0.494 e. The summed E-state index contributed by atoms with van der Waals surface area (Å²) in [5.74, 6) is -0.545. The zero-order chi connectivity index (χ0) is 20.1. The highest BCUT2D eigenvalue weighted by atomic mass is 16.5. The molecule has 0 fully saturated rings. The van der Waals surface area contributed by atoms with Crippen molar-refractivity contribution in [2.45, 2.75) is 13.5 Å². The van der Waals surface area contributed by atoms with Crippen molar-refractivity contribution in [3.63, 3.8) is 0 Å². The lowest BCUT2D eigenvalue weighted by atomic mass is 10.2. The summed E-state index contributed by atoms with van der Waals surface area (Å²) in [6, 6.07) is 9.47. The topological polar surface area (TPSA) is 127 Å². The molecule has 0 amide bonds. The molecule has 0 aliphatic heterocycles. The quantitative estimate of drug-likeness (QED) is 0.494. The lowest BCUT2D eigenvalue weighted by molar-refractivity contribution is 0.0526. The van der Waals surface area contributed by atoms with Gasteiger partial charge in [0.15, 0.2) is 0 Å². The van der Waals surface area contributed by atoms with Gasteiger partial charge in [0.1, 0.15) is 11.3 Å². The first-order chi connectivity index (χ1) is 13.5. The second-order valence-electron chi connectivity index (χ2n) is 5.69. The summed E-state index contributed by atoms with van der Waals surface area (Å²) in [5, 5.41) is 10.4. The Morgan fingerprint density at radius 2 is 2.04 bits per heavy atom. The molecule has 0 radical (unpaired) electrons. The summed E-state index contributed by atoms with van der Waals surface area (Å²) >= 11 is 0. The fourth-order valence-electron chi connectivity index (χ4n) is 2.43. The highest BCUT2D eigenvalue weighted by Gasteiger charge is 2.14. The van der Waals surface area contributed by atoms with E-state index in [9.17, 15) is 19.5 Å². The average Bonchev–Trinajstić information content (AvgIpc) is 3.19. The molecule has 0 unspecified atom stereocenters. The summed E-state index contributed by atoms with van der Waals surface area (Å²) in [6.45, 7) is 1.93. The Bertz CT molecular complexity index is 1110. The van der Waals surface area contributed by atoms with E-state index in [0.717, 1.165) is 10.8 Å². The van der Waals surface area contributed by atoms with Gasteiger partial charge in [-0.2, -0.15) is 0 Å². The number of esters is 1. The van der Waals surface area contributed by atoms with Crippen LogP contribution in [0.5, 0.6) is 5.88 Å². The molecule has 9 nitrogen and oxygen atoms in total. The number of H-pyrrole nitrogens is 1. The van der Waals surface area contributed by atoms with Crippen molar-refractivity contribution in [2.75, 3.05) is 6.61 Å². The van der Waals surface area contributed by atoms with E-state index in [2.05, 4.69) is 9.98 Å². The average molecular weight is 383 g/mol. The van der Waals surface area contributed by atoms with Gasteiger partial charge in [-0.3, -0.25) is 19.3 Å². The van der Waals surface area contributed by atoms with Crippen LogP contribution in [0.2, 0.25) is 0 Å². The van der Waals surface area contributed by atoms with Gasteiger partial charge in [-0.05, 0) is 43.3 Å². The number of benzene rings is 1. The third-order valence-electron chi connectivity index (χ3n) is 3.82. The summed E-state index contributed by atoms with van der Waals surface area (Å²) in [6.07, 6.45) is 2.58. The third-order valence-corrected chi connectivity index (χ3v) is 3.82. The molecule has 2 aromatic heterocycles. The fraction of sp³-hybridized carbons (Fsp3) is 0.158. The number of aromatic hydroxyl groups is 1. The molecule has 1 aromatic carbocycles. The predicted octanol–water partition coefficient (Wildman–Crippen LogP) is 1.81. The Morgan fingerprint density at radius 1 is 1.29 bits per heavy atom. The molecule has 9 heteroatoms. The Balaban J connectivity index is 1.88. The van der Waals surface area contributed by atoms with E-state index in [0.29, 0.717) is 17.0 Å². The number of carbonyl (C=O) groups is 1. The van der Waals surface area contributed by atoms with Crippen LogP contribution in [-0.2, 0) is 11.3 Å². The van der Waals surface area contributed by atoms with Crippen LogP contribution < -0.4 is 11.2 Å². The van der Waals surface area contributed by atoms with Crippen LogP contribution >= 0.6 is 0 Å². The summed E-state index contributed by atoms with van der Waals surface area (Å²) in [7, 11) is 0. The number of ether oxygens (including phenoxy) is 1. The molecule has 0 bridgehead atoms. The van der Waals surface area contributed by atoms with Crippen LogP contribution in [0, 0.1) is 0 Å². The summed E-state index contributed by atoms with van der Waals surface area (Å²) < 4.78 is 11.0. The molecule has 3 rings (SSSR count). The molecular formula is C19H17N3O6. The molecule has 0 saturated heterocycles. The monoisotopic (exact) mass is 383 g/mol. The van der Waals surface area contributed by atoms with Crippen LogP contribution in [0.4, 0.5) is 5.69 Å². The number of furan rings is 1. The van der Waals surface area contributed by atoms with E-state index in [-0.39, 0.29) is 18.7 Å². The highest BCUT2D eigenvalue weighted by Crippen LogP contribution is 2.16. The largest absolute Gasteiger partial charge is 0.494 e. The lowest BCUT2D eigenvalue weighted by Crippen LogP contribution is -2.32. The lowest BCUT2D eigenvalue weighted by Gasteiger charge is -2.07.